The number of para-hydroxylation sites is 1. The van der Waals surface area contributed by atoms with E-state index in [-0.39, 0.29) is 17.2 Å². The highest BCUT2D eigenvalue weighted by Crippen LogP contribution is 2.43. The molecule has 0 N–H and O–H groups in total. The molecule has 3 rings (SSSR count). The Kier molecular flexibility index (Phi) is 4.57. The van der Waals surface area contributed by atoms with Crippen LogP contribution >= 0.6 is 7.37 Å². The maximum absolute atomic E-state index is 12.9. The van der Waals surface area contributed by atoms with E-state index < -0.39 is 7.37 Å². The Morgan fingerprint density at radius 2 is 1.42 bits per heavy atom. The van der Waals surface area contributed by atoms with Crippen LogP contribution in [0, 0.1) is 6.92 Å². The van der Waals surface area contributed by atoms with Gasteiger partial charge in [-0.2, -0.15) is 0 Å². The van der Waals surface area contributed by atoms with Gasteiger partial charge >= 0.3 is 0 Å². The zero-order valence-electron chi connectivity index (χ0n) is 13.3. The van der Waals surface area contributed by atoms with Crippen molar-refractivity contribution in [2.75, 3.05) is 0 Å². The lowest BCUT2D eigenvalue weighted by Gasteiger charge is -2.28. The summed E-state index contributed by atoms with van der Waals surface area (Å²) in [7, 11) is -3.89. The number of hydrogen-bond acceptors (Lipinski definition) is 3. The van der Waals surface area contributed by atoms with E-state index in [9.17, 15) is 14.6 Å². The molecule has 0 bridgehead atoms. The fourth-order valence-corrected chi connectivity index (χ4v) is 4.44. The van der Waals surface area contributed by atoms with Gasteiger partial charge in [0.05, 0.1) is 0 Å². The normalized spacial score (nSPS) is 13.4. The fourth-order valence-electron chi connectivity index (χ4n) is 2.71. The van der Waals surface area contributed by atoms with E-state index in [1.807, 2.05) is 31.2 Å². The lowest BCUT2D eigenvalue weighted by Crippen LogP contribution is -2.19. The first kappa shape index (κ1) is 16.5. The molecular weight excluding hydrogens is 319 g/mol. The van der Waals surface area contributed by atoms with Crippen LogP contribution in [0.4, 0.5) is 0 Å². The predicted octanol–water partition coefficient (Wildman–Crippen LogP) is 3.20. The van der Waals surface area contributed by atoms with Crippen molar-refractivity contribution in [1.82, 2.24) is 0 Å². The van der Waals surface area contributed by atoms with Crippen LogP contribution in [0.5, 0.6) is 5.75 Å². The molecule has 0 fully saturated rings. The van der Waals surface area contributed by atoms with Crippen LogP contribution in [-0.4, -0.2) is 0 Å². The summed E-state index contributed by atoms with van der Waals surface area (Å²) in [5.74, 6) is -0.180. The molecule has 1 unspecified atom stereocenters. The summed E-state index contributed by atoms with van der Waals surface area (Å²) in [5.41, 5.74) is 2.70. The van der Waals surface area contributed by atoms with Crippen molar-refractivity contribution < 1.29 is 14.6 Å². The highest BCUT2D eigenvalue weighted by Gasteiger charge is 2.17. The summed E-state index contributed by atoms with van der Waals surface area (Å²) in [6, 6.07) is 20.6. The van der Waals surface area contributed by atoms with Gasteiger partial charge in [0.25, 0.3) is 0 Å². The maximum Gasteiger partial charge on any atom is 0.0482 e. The van der Waals surface area contributed by atoms with Crippen LogP contribution in [0.3, 0.4) is 0 Å². The number of benzene rings is 3. The van der Waals surface area contributed by atoms with Crippen LogP contribution in [-0.2, 0) is 10.7 Å². The molecule has 3 aromatic rings. The van der Waals surface area contributed by atoms with Gasteiger partial charge in [-0.3, -0.25) is 0 Å². The standard InChI is InChI=1S/C20H19O3P/c1-15-10-12-16(13-11-15)14-24(22,23)20-9-5-3-7-18(20)17-6-2-4-8-19(17)21/h2-13,21H,14H2,1H3,(H,22,23)/p-2. The number of aryl methyl sites for hydroxylation is 1. The molecule has 24 heavy (non-hydrogen) atoms. The van der Waals surface area contributed by atoms with Crippen LogP contribution in [0.1, 0.15) is 11.1 Å². The molecule has 4 heteroatoms. The molecule has 0 aliphatic heterocycles. The second kappa shape index (κ2) is 6.64. The third kappa shape index (κ3) is 3.43. The molecule has 0 saturated carbocycles. The minimum atomic E-state index is -3.89. The fraction of sp³-hybridized carbons (Fsp3) is 0.100. The summed E-state index contributed by atoms with van der Waals surface area (Å²) >= 11 is 0. The third-order valence-electron chi connectivity index (χ3n) is 3.96. The highest BCUT2D eigenvalue weighted by molar-refractivity contribution is 7.64. The smallest absolute Gasteiger partial charge is 0.0482 e. The molecule has 0 saturated heterocycles. The van der Waals surface area contributed by atoms with E-state index in [4.69, 9.17) is 0 Å². The second-order valence-electron chi connectivity index (χ2n) is 5.83. The van der Waals surface area contributed by atoms with Crippen molar-refractivity contribution in [2.24, 2.45) is 0 Å². The van der Waals surface area contributed by atoms with E-state index >= 15 is 0 Å². The largest absolute Gasteiger partial charge is 0.872 e. The topological polar surface area (TPSA) is 63.2 Å². The minimum absolute atomic E-state index is 0.0642. The van der Waals surface area contributed by atoms with Crippen LogP contribution < -0.4 is 15.3 Å². The average Bonchev–Trinajstić information content (AvgIpc) is 2.57. The third-order valence-corrected chi connectivity index (χ3v) is 5.87. The first-order valence-corrected chi connectivity index (χ1v) is 9.50. The molecule has 0 aliphatic carbocycles. The Morgan fingerprint density at radius 3 is 2.08 bits per heavy atom. The Labute approximate surface area is 141 Å². The zero-order valence-corrected chi connectivity index (χ0v) is 14.2. The van der Waals surface area contributed by atoms with Gasteiger partial charge in [-0.15, -0.1) is 5.75 Å². The Hall–Kier alpha value is -2.35. The van der Waals surface area contributed by atoms with Gasteiger partial charge in [-0.25, -0.2) is 0 Å². The van der Waals surface area contributed by atoms with Crippen LogP contribution in [0.15, 0.2) is 72.8 Å². The van der Waals surface area contributed by atoms with Crippen molar-refractivity contribution in [3.8, 4) is 16.9 Å². The second-order valence-corrected chi connectivity index (χ2v) is 7.98. The van der Waals surface area contributed by atoms with Gasteiger partial charge in [0, 0.05) is 18.8 Å². The van der Waals surface area contributed by atoms with Crippen molar-refractivity contribution in [1.29, 1.82) is 0 Å². The lowest BCUT2D eigenvalue weighted by molar-refractivity contribution is -0.267. The van der Waals surface area contributed by atoms with E-state index in [1.165, 1.54) is 6.07 Å². The van der Waals surface area contributed by atoms with Gasteiger partial charge in [-0.05, 0) is 23.6 Å². The van der Waals surface area contributed by atoms with E-state index in [1.54, 1.807) is 42.5 Å². The molecule has 0 heterocycles. The number of rotatable bonds is 4. The van der Waals surface area contributed by atoms with E-state index in [0.29, 0.717) is 11.1 Å². The van der Waals surface area contributed by atoms with Crippen LogP contribution in [0.2, 0.25) is 0 Å². The average molecular weight is 336 g/mol. The molecule has 0 amide bonds. The van der Waals surface area contributed by atoms with Crippen LogP contribution in [0.25, 0.3) is 11.1 Å². The van der Waals surface area contributed by atoms with E-state index in [2.05, 4.69) is 0 Å². The molecular formula is C20H17O3P-2. The molecule has 0 radical (unpaired) electrons. The molecule has 122 valence electrons. The van der Waals surface area contributed by atoms with Gasteiger partial charge in [0.1, 0.15) is 0 Å². The molecule has 0 spiro atoms. The Bertz CT molecular complexity index is 901. The van der Waals surface area contributed by atoms with Crippen molar-refractivity contribution >= 4 is 12.7 Å². The van der Waals surface area contributed by atoms with Gasteiger partial charge < -0.3 is 14.6 Å². The van der Waals surface area contributed by atoms with Crippen molar-refractivity contribution in [3.05, 3.63) is 83.9 Å². The Morgan fingerprint density at radius 1 is 0.833 bits per heavy atom. The molecule has 0 aliphatic rings. The van der Waals surface area contributed by atoms with Gasteiger partial charge in [-0.1, -0.05) is 78.4 Å². The van der Waals surface area contributed by atoms with Crippen molar-refractivity contribution in [3.63, 3.8) is 0 Å². The molecule has 3 aromatic carbocycles. The zero-order chi connectivity index (χ0) is 17.2. The van der Waals surface area contributed by atoms with Gasteiger partial charge in [0.2, 0.25) is 0 Å². The predicted molar refractivity (Wildman–Crippen MR) is 93.4 cm³/mol. The first-order chi connectivity index (χ1) is 11.5. The molecule has 1 atom stereocenters. The van der Waals surface area contributed by atoms with E-state index in [0.717, 1.165) is 11.1 Å². The summed E-state index contributed by atoms with van der Waals surface area (Å²) < 4.78 is 12.9. The minimum Gasteiger partial charge on any atom is -0.872 e. The van der Waals surface area contributed by atoms with Crippen molar-refractivity contribution in [2.45, 2.75) is 13.1 Å². The van der Waals surface area contributed by atoms with Gasteiger partial charge in [0.15, 0.2) is 0 Å². The Balaban J connectivity index is 2.04. The molecule has 3 nitrogen and oxygen atoms in total. The first-order valence-electron chi connectivity index (χ1n) is 7.69. The summed E-state index contributed by atoms with van der Waals surface area (Å²) in [6.07, 6.45) is -0.0642. The summed E-state index contributed by atoms with van der Waals surface area (Å²) in [5, 5.41) is 12.3. The number of hydrogen-bond donors (Lipinski definition) is 0. The summed E-state index contributed by atoms with van der Waals surface area (Å²) in [6.45, 7) is 1.96. The monoisotopic (exact) mass is 336 g/mol. The molecule has 0 aromatic heterocycles. The maximum atomic E-state index is 12.9. The quantitative estimate of drug-likeness (QED) is 0.687. The highest BCUT2D eigenvalue weighted by atomic mass is 31.2. The summed E-state index contributed by atoms with van der Waals surface area (Å²) in [4.78, 5) is 12.9. The SMILES string of the molecule is Cc1ccc(CP(=O)([O-])c2ccccc2-c2ccccc2[O-])cc1. The lowest BCUT2D eigenvalue weighted by atomic mass is 10.0.